The minimum atomic E-state index is -0.667. The summed E-state index contributed by atoms with van der Waals surface area (Å²) >= 11 is 10.9. The van der Waals surface area contributed by atoms with Crippen LogP contribution in [0.2, 0.25) is 5.02 Å². The number of aryl methyl sites for hydroxylation is 1. The fourth-order valence-corrected chi connectivity index (χ4v) is 6.24. The number of hydrogen-bond donors (Lipinski definition) is 0. The van der Waals surface area contributed by atoms with E-state index in [9.17, 15) is 9.59 Å². The molecule has 0 saturated heterocycles. The molecule has 0 amide bonds. The number of rotatable bonds is 5. The Morgan fingerprint density at radius 1 is 1.13 bits per heavy atom. The third-order valence-corrected chi connectivity index (χ3v) is 8.31. The van der Waals surface area contributed by atoms with Crippen LogP contribution >= 0.6 is 38.9 Å². The summed E-state index contributed by atoms with van der Waals surface area (Å²) in [6.07, 6.45) is 1.91. The molecule has 0 N–H and O–H groups in total. The molecule has 1 aliphatic heterocycles. The minimum Gasteiger partial charge on any atom is -0.463 e. The second-order valence-electron chi connectivity index (χ2n) is 8.99. The number of aromatic nitrogens is 2. The normalized spacial score (nSPS) is 15.4. The molecule has 3 heterocycles. The Morgan fingerprint density at radius 3 is 2.47 bits per heavy atom. The smallest absolute Gasteiger partial charge is 0.338 e. The lowest BCUT2D eigenvalue weighted by molar-refractivity contribution is -0.139. The van der Waals surface area contributed by atoms with Gasteiger partial charge in [0, 0.05) is 26.6 Å². The van der Waals surface area contributed by atoms with Crippen molar-refractivity contribution in [2.75, 3.05) is 6.61 Å². The fraction of sp³-hybridized carbons (Fsp3) is 0.207. The first-order chi connectivity index (χ1) is 18.2. The molecule has 1 atom stereocenters. The number of carbonyl (C=O) groups is 1. The average molecular weight is 611 g/mol. The maximum Gasteiger partial charge on any atom is 0.338 e. The van der Waals surface area contributed by atoms with E-state index in [4.69, 9.17) is 16.3 Å². The molecule has 9 heteroatoms. The number of allylic oxidation sites excluding steroid dienone is 1. The molecular formula is C29H25BrClN3O3S. The van der Waals surface area contributed by atoms with Crippen LogP contribution in [0.3, 0.4) is 0 Å². The second-order valence-corrected chi connectivity index (χ2v) is 11.4. The number of nitrogens with zero attached hydrogens (tertiary/aromatic N) is 3. The van der Waals surface area contributed by atoms with Crippen molar-refractivity contribution >= 4 is 50.9 Å². The van der Waals surface area contributed by atoms with Crippen molar-refractivity contribution < 1.29 is 9.53 Å². The van der Waals surface area contributed by atoms with Gasteiger partial charge in [-0.15, -0.1) is 0 Å². The van der Waals surface area contributed by atoms with Gasteiger partial charge in [0.25, 0.3) is 5.56 Å². The van der Waals surface area contributed by atoms with E-state index in [0.29, 0.717) is 25.6 Å². The highest BCUT2D eigenvalue weighted by atomic mass is 79.9. The number of halogens is 2. The van der Waals surface area contributed by atoms with Gasteiger partial charge in [-0.1, -0.05) is 51.0 Å². The first-order valence-corrected chi connectivity index (χ1v) is 14.1. The third-order valence-electron chi connectivity index (χ3n) is 6.54. The van der Waals surface area contributed by atoms with E-state index in [1.54, 1.807) is 30.5 Å². The van der Waals surface area contributed by atoms with Crippen LogP contribution in [0.15, 0.2) is 80.1 Å². The number of carbonyl (C=O) groups excluding carboxylic acids is 1. The van der Waals surface area contributed by atoms with Crippen LogP contribution < -0.4 is 14.9 Å². The first kappa shape index (κ1) is 26.4. The molecule has 0 spiro atoms. The summed E-state index contributed by atoms with van der Waals surface area (Å²) in [5.41, 5.74) is 5.49. The highest BCUT2D eigenvalue weighted by Crippen LogP contribution is 2.31. The first-order valence-electron chi connectivity index (χ1n) is 12.1. The van der Waals surface area contributed by atoms with Crippen molar-refractivity contribution in [2.45, 2.75) is 33.7 Å². The van der Waals surface area contributed by atoms with E-state index in [1.165, 1.54) is 11.3 Å². The standard InChI is InChI=1S/C29H25BrClN3O3S/c1-5-37-28(36)25-17(3)32-29-34(26(25)19-6-10-22(31)11-7-19)27(35)24(38-29)15-20-14-16(2)33(18(20)4)23-12-8-21(30)9-13-23/h6-15,26H,5H2,1-4H3/b24-15+/t26-/m0/s1. The summed E-state index contributed by atoms with van der Waals surface area (Å²) in [5, 5.41) is 0.570. The molecule has 0 fully saturated rings. The van der Waals surface area contributed by atoms with Crippen LogP contribution in [0.1, 0.15) is 42.4 Å². The van der Waals surface area contributed by atoms with Crippen molar-refractivity contribution in [3.05, 3.63) is 118 Å². The van der Waals surface area contributed by atoms with Crippen molar-refractivity contribution in [1.82, 2.24) is 9.13 Å². The zero-order valence-corrected chi connectivity index (χ0v) is 24.4. The second kappa shape index (κ2) is 10.5. The molecule has 0 radical (unpaired) electrons. The number of hydrogen-bond acceptors (Lipinski definition) is 5. The lowest BCUT2D eigenvalue weighted by Crippen LogP contribution is -2.39. The molecule has 6 nitrogen and oxygen atoms in total. The maximum absolute atomic E-state index is 13.9. The molecule has 4 aromatic rings. The van der Waals surface area contributed by atoms with E-state index in [2.05, 4.69) is 31.6 Å². The van der Waals surface area contributed by atoms with E-state index >= 15 is 0 Å². The van der Waals surface area contributed by atoms with Gasteiger partial charge >= 0.3 is 5.97 Å². The van der Waals surface area contributed by atoms with Crippen LogP contribution in [0.5, 0.6) is 0 Å². The number of esters is 1. The zero-order chi connectivity index (χ0) is 27.1. The SMILES string of the molecule is CCOC(=O)C1=C(C)N=c2s/c(=C/c3cc(C)n(-c4ccc(Br)cc4)c3C)c(=O)n2[C@H]1c1ccc(Cl)cc1. The van der Waals surface area contributed by atoms with Crippen molar-refractivity contribution in [2.24, 2.45) is 4.99 Å². The molecule has 1 aliphatic rings. The number of ether oxygens (including phenoxy) is 1. The molecule has 0 saturated carbocycles. The van der Waals surface area contributed by atoms with Gasteiger partial charge < -0.3 is 9.30 Å². The zero-order valence-electron chi connectivity index (χ0n) is 21.3. The minimum absolute atomic E-state index is 0.212. The molecule has 5 rings (SSSR count). The van der Waals surface area contributed by atoms with E-state index in [1.807, 2.05) is 56.3 Å². The Bertz CT molecular complexity index is 1760. The predicted octanol–water partition coefficient (Wildman–Crippen LogP) is 5.62. The van der Waals surface area contributed by atoms with Crippen LogP contribution in [0.25, 0.3) is 11.8 Å². The van der Waals surface area contributed by atoms with Gasteiger partial charge in [0.1, 0.15) is 0 Å². The topological polar surface area (TPSA) is 65.6 Å². The highest BCUT2D eigenvalue weighted by molar-refractivity contribution is 9.10. The Hall–Kier alpha value is -3.20. The summed E-state index contributed by atoms with van der Waals surface area (Å²) in [6.45, 7) is 7.84. The third kappa shape index (κ3) is 4.72. The lowest BCUT2D eigenvalue weighted by Gasteiger charge is -2.24. The van der Waals surface area contributed by atoms with E-state index < -0.39 is 12.0 Å². The highest BCUT2D eigenvalue weighted by Gasteiger charge is 2.33. The number of fused-ring (bicyclic) bond motifs is 1. The monoisotopic (exact) mass is 609 g/mol. The molecule has 0 aliphatic carbocycles. The van der Waals surface area contributed by atoms with Crippen LogP contribution in [0.4, 0.5) is 0 Å². The Labute approximate surface area is 237 Å². The lowest BCUT2D eigenvalue weighted by atomic mass is 9.96. The largest absolute Gasteiger partial charge is 0.463 e. The van der Waals surface area contributed by atoms with E-state index in [0.717, 1.165) is 32.7 Å². The van der Waals surface area contributed by atoms with Gasteiger partial charge in [-0.25, -0.2) is 9.79 Å². The van der Waals surface area contributed by atoms with Crippen LogP contribution in [-0.4, -0.2) is 21.7 Å². The summed E-state index contributed by atoms with van der Waals surface area (Å²) in [4.78, 5) is 32.1. The molecule has 194 valence electrons. The maximum atomic E-state index is 13.9. The Kier molecular flexibility index (Phi) is 7.31. The quantitative estimate of drug-likeness (QED) is 0.276. The van der Waals surface area contributed by atoms with Gasteiger partial charge in [0.05, 0.1) is 28.5 Å². The van der Waals surface area contributed by atoms with Gasteiger partial charge in [-0.05, 0) is 87.4 Å². The van der Waals surface area contributed by atoms with Crippen LogP contribution in [0, 0.1) is 13.8 Å². The van der Waals surface area contributed by atoms with Gasteiger partial charge in [-0.2, -0.15) is 0 Å². The van der Waals surface area contributed by atoms with Gasteiger partial charge in [0.2, 0.25) is 0 Å². The number of thiazole rings is 1. The average Bonchev–Trinajstić information content (AvgIpc) is 3.34. The molecule has 0 unspecified atom stereocenters. The van der Waals surface area contributed by atoms with Crippen molar-refractivity contribution in [3.63, 3.8) is 0 Å². The molecule has 0 bridgehead atoms. The Morgan fingerprint density at radius 2 is 1.82 bits per heavy atom. The number of benzene rings is 2. The molecule has 2 aromatic heterocycles. The molecular weight excluding hydrogens is 586 g/mol. The molecule has 2 aromatic carbocycles. The molecule has 38 heavy (non-hydrogen) atoms. The fourth-order valence-electron chi connectivity index (χ4n) is 4.81. The summed E-state index contributed by atoms with van der Waals surface area (Å²) < 4.78 is 10.7. The van der Waals surface area contributed by atoms with E-state index in [-0.39, 0.29) is 12.2 Å². The summed E-state index contributed by atoms with van der Waals surface area (Å²) in [5.74, 6) is -0.485. The van der Waals surface area contributed by atoms with Crippen molar-refractivity contribution in [3.8, 4) is 5.69 Å². The van der Waals surface area contributed by atoms with Crippen LogP contribution in [-0.2, 0) is 9.53 Å². The van der Waals surface area contributed by atoms with Gasteiger partial charge in [-0.3, -0.25) is 9.36 Å². The van der Waals surface area contributed by atoms with Gasteiger partial charge in [0.15, 0.2) is 4.80 Å². The summed E-state index contributed by atoms with van der Waals surface area (Å²) in [7, 11) is 0. The predicted molar refractivity (Wildman–Crippen MR) is 155 cm³/mol. The van der Waals surface area contributed by atoms with Crippen molar-refractivity contribution in [1.29, 1.82) is 0 Å². The summed E-state index contributed by atoms with van der Waals surface area (Å²) in [6, 6.07) is 16.7. The Balaban J connectivity index is 1.68.